The van der Waals surface area contributed by atoms with E-state index in [-0.39, 0.29) is 28.9 Å². The predicted molar refractivity (Wildman–Crippen MR) is 149 cm³/mol. The van der Waals surface area contributed by atoms with E-state index >= 15 is 0 Å². The lowest BCUT2D eigenvalue weighted by Gasteiger charge is -2.35. The largest absolute Gasteiger partial charge is 0.399 e. The third kappa shape index (κ3) is 5.01. The number of aromatic amines is 1. The summed E-state index contributed by atoms with van der Waals surface area (Å²) < 4.78 is 39.7. The van der Waals surface area contributed by atoms with Crippen LogP contribution in [0.4, 0.5) is 8.78 Å². The van der Waals surface area contributed by atoms with Crippen LogP contribution in [0.2, 0.25) is 0 Å². The molecule has 10 nitrogen and oxygen atoms in total. The Bertz CT molecular complexity index is 1620. The number of carbonyl (C=O) groups is 3. The maximum atomic E-state index is 14.2. The molecule has 0 unspecified atom stereocenters. The van der Waals surface area contributed by atoms with E-state index < -0.39 is 36.8 Å². The third-order valence-corrected chi connectivity index (χ3v) is 9.69. The molecule has 4 N–H and O–H groups in total. The normalized spacial score (nSPS) is 23.0. The Labute approximate surface area is 240 Å². The number of H-pyrrole nitrogens is 1. The second-order valence-electron chi connectivity index (χ2n) is 11.3. The van der Waals surface area contributed by atoms with Crippen LogP contribution in [-0.2, 0) is 32.8 Å². The van der Waals surface area contributed by atoms with E-state index in [1.807, 2.05) is 23.1 Å². The zero-order chi connectivity index (χ0) is 29.8. The summed E-state index contributed by atoms with van der Waals surface area (Å²) in [5.74, 6) is -1.01. The van der Waals surface area contributed by atoms with Crippen LogP contribution in [0, 0.1) is 0 Å². The molecule has 0 spiro atoms. The molecule has 0 saturated carbocycles. The number of amides is 3. The fraction of sp³-hybridized carbons (Fsp3) is 0.414. The Kier molecular flexibility index (Phi) is 7.19. The van der Waals surface area contributed by atoms with Crippen molar-refractivity contribution in [2.45, 2.75) is 68.9 Å². The lowest BCUT2D eigenvalue weighted by atomic mass is 9.99. The van der Waals surface area contributed by atoms with Gasteiger partial charge in [0.05, 0.1) is 0 Å². The fourth-order valence-electron chi connectivity index (χ4n) is 6.48. The van der Waals surface area contributed by atoms with Gasteiger partial charge in [-0.05, 0) is 67.9 Å². The van der Waals surface area contributed by atoms with E-state index in [0.717, 1.165) is 37.0 Å². The molecule has 3 atom stereocenters. The molecule has 0 bridgehead atoms. The lowest BCUT2D eigenvalue weighted by molar-refractivity contribution is -0.146. The molecule has 13 heteroatoms. The third-order valence-electron chi connectivity index (χ3n) is 8.70. The number of nitrogens with zero attached hydrogens (tertiary/aromatic N) is 2. The number of rotatable bonds is 5. The van der Waals surface area contributed by atoms with Crippen LogP contribution in [0.5, 0.6) is 0 Å². The Morgan fingerprint density at radius 3 is 2.55 bits per heavy atom. The van der Waals surface area contributed by atoms with Crippen molar-refractivity contribution in [2.24, 2.45) is 0 Å². The van der Waals surface area contributed by atoms with E-state index in [1.54, 1.807) is 4.90 Å². The van der Waals surface area contributed by atoms with Gasteiger partial charge in [-0.25, -0.2) is 0 Å². The first-order valence-electron chi connectivity index (χ1n) is 14.0. The molecule has 3 aliphatic heterocycles. The molecule has 2 saturated heterocycles. The molecule has 4 heterocycles. The van der Waals surface area contributed by atoms with Gasteiger partial charge >= 0.3 is 13.3 Å². The van der Waals surface area contributed by atoms with E-state index in [9.17, 15) is 27.7 Å². The molecule has 6 rings (SSSR count). The molecular formula is C29H31F2N4O6P. The average Bonchev–Trinajstić information content (AvgIpc) is 3.55. The summed E-state index contributed by atoms with van der Waals surface area (Å²) in [6.45, 7) is 1.09. The van der Waals surface area contributed by atoms with Gasteiger partial charge in [0, 0.05) is 35.6 Å². The molecule has 222 valence electrons. The number of hydrogen-bond donors (Lipinski definition) is 4. The number of halogens is 2. The van der Waals surface area contributed by atoms with Crippen molar-refractivity contribution in [3.05, 3.63) is 70.9 Å². The zero-order valence-electron chi connectivity index (χ0n) is 22.6. The van der Waals surface area contributed by atoms with Crippen molar-refractivity contribution in [3.8, 4) is 0 Å². The number of benzene rings is 2. The second-order valence-corrected chi connectivity index (χ2v) is 12.9. The standard InChI is InChI=1S/C29H31F2N4O6P/c30-29(31,42(39,40)41)20-8-10-22-19(14-20)15-24(32-22)26(36)33-23-7-3-6-21-9-11-25(35(21)27(23)37)28(38)34-13-12-17-4-1-2-5-18(17)16-34/h1-2,4-5,8,10,14-15,21,23,25,32H,3,6-7,9,11-13,16H2,(H,33,36)(H2,39,40,41)/t21-,23-,25-/m0/s1. The van der Waals surface area contributed by atoms with E-state index in [0.29, 0.717) is 37.9 Å². The number of aromatic nitrogens is 1. The SMILES string of the molecule is O=C(N[C@H]1CCC[C@H]2CC[C@@H](C(=O)N3CCc4ccccc4C3)N2C1=O)c1cc2cc(C(F)(F)P(=O)(O)O)ccc2[nH]1. The summed E-state index contributed by atoms with van der Waals surface area (Å²) in [6.07, 6.45) is 3.85. The summed E-state index contributed by atoms with van der Waals surface area (Å²) in [5, 5.41) is 2.92. The van der Waals surface area contributed by atoms with E-state index in [1.165, 1.54) is 17.7 Å². The second kappa shape index (κ2) is 10.6. The number of carbonyl (C=O) groups excluding carboxylic acids is 3. The molecule has 3 aromatic rings. The van der Waals surface area contributed by atoms with Crippen LogP contribution in [0.25, 0.3) is 10.9 Å². The number of fused-ring (bicyclic) bond motifs is 3. The molecule has 0 aliphatic carbocycles. The minimum absolute atomic E-state index is 0.0104. The monoisotopic (exact) mass is 600 g/mol. The van der Waals surface area contributed by atoms with Gasteiger partial charge in [-0.2, -0.15) is 8.78 Å². The van der Waals surface area contributed by atoms with Gasteiger partial charge in [0.15, 0.2) is 0 Å². The molecule has 2 aromatic carbocycles. The van der Waals surface area contributed by atoms with Crippen molar-refractivity contribution in [1.29, 1.82) is 0 Å². The first-order chi connectivity index (χ1) is 19.9. The summed E-state index contributed by atoms with van der Waals surface area (Å²) in [6, 6.07) is 10.8. The first kappa shape index (κ1) is 28.5. The maximum absolute atomic E-state index is 14.2. The molecule has 2 fully saturated rings. The van der Waals surface area contributed by atoms with Crippen LogP contribution < -0.4 is 5.32 Å². The first-order valence-corrected chi connectivity index (χ1v) is 15.6. The average molecular weight is 601 g/mol. The van der Waals surface area contributed by atoms with E-state index in [4.69, 9.17) is 9.79 Å². The highest BCUT2D eigenvalue weighted by molar-refractivity contribution is 7.52. The molecule has 1 aromatic heterocycles. The summed E-state index contributed by atoms with van der Waals surface area (Å²) >= 11 is 0. The smallest absolute Gasteiger partial charge is 0.351 e. The minimum Gasteiger partial charge on any atom is -0.351 e. The van der Waals surface area contributed by atoms with Crippen molar-refractivity contribution >= 4 is 36.2 Å². The Hall–Kier alpha value is -3.60. The highest BCUT2D eigenvalue weighted by Crippen LogP contribution is 2.59. The van der Waals surface area contributed by atoms with Gasteiger partial charge in [-0.3, -0.25) is 18.9 Å². The van der Waals surface area contributed by atoms with Gasteiger partial charge in [0.25, 0.3) is 5.91 Å². The topological polar surface area (TPSA) is 143 Å². The highest BCUT2D eigenvalue weighted by atomic mass is 31.2. The predicted octanol–water partition coefficient (Wildman–Crippen LogP) is 3.62. The summed E-state index contributed by atoms with van der Waals surface area (Å²) in [7, 11) is -5.75. The number of alkyl halides is 2. The fourth-order valence-corrected chi connectivity index (χ4v) is 6.95. The zero-order valence-corrected chi connectivity index (χ0v) is 23.5. The van der Waals surface area contributed by atoms with Crippen LogP contribution in [-0.4, -0.2) is 67.0 Å². The van der Waals surface area contributed by atoms with Gasteiger partial charge in [-0.1, -0.05) is 30.3 Å². The molecule has 0 radical (unpaired) electrons. The molecule has 3 amide bonds. The van der Waals surface area contributed by atoms with Crippen molar-refractivity contribution in [3.63, 3.8) is 0 Å². The summed E-state index contributed by atoms with van der Waals surface area (Å²) in [4.78, 5) is 65.1. The number of nitrogens with one attached hydrogen (secondary N) is 2. The van der Waals surface area contributed by atoms with Gasteiger partial charge < -0.3 is 29.9 Å². The van der Waals surface area contributed by atoms with Gasteiger partial charge in [0.1, 0.15) is 17.8 Å². The Morgan fingerprint density at radius 1 is 1.02 bits per heavy atom. The Balaban J connectivity index is 1.18. The minimum atomic E-state index is -5.75. The van der Waals surface area contributed by atoms with Crippen molar-refractivity contribution in [1.82, 2.24) is 20.1 Å². The lowest BCUT2D eigenvalue weighted by Crippen LogP contribution is -2.55. The van der Waals surface area contributed by atoms with Crippen molar-refractivity contribution < 1.29 is 37.5 Å². The molecular weight excluding hydrogens is 569 g/mol. The van der Waals surface area contributed by atoms with Crippen LogP contribution in [0.15, 0.2) is 48.5 Å². The van der Waals surface area contributed by atoms with Crippen molar-refractivity contribution in [2.75, 3.05) is 6.54 Å². The van der Waals surface area contributed by atoms with Crippen LogP contribution >= 0.6 is 7.60 Å². The maximum Gasteiger partial charge on any atom is 0.399 e. The highest BCUT2D eigenvalue weighted by Gasteiger charge is 2.50. The van der Waals surface area contributed by atoms with Gasteiger partial charge in [0.2, 0.25) is 11.8 Å². The van der Waals surface area contributed by atoms with Gasteiger partial charge in [-0.15, -0.1) is 0 Å². The molecule has 3 aliphatic rings. The van der Waals surface area contributed by atoms with Crippen LogP contribution in [0.1, 0.15) is 59.3 Å². The molecule has 42 heavy (non-hydrogen) atoms. The van der Waals surface area contributed by atoms with E-state index in [2.05, 4.69) is 16.4 Å². The summed E-state index contributed by atoms with van der Waals surface area (Å²) in [5.41, 5.74) is -2.60. The Morgan fingerprint density at radius 2 is 1.79 bits per heavy atom. The number of hydrogen-bond acceptors (Lipinski definition) is 4. The van der Waals surface area contributed by atoms with Crippen LogP contribution in [0.3, 0.4) is 0 Å². The quantitative estimate of drug-likeness (QED) is 0.330.